The lowest BCUT2D eigenvalue weighted by molar-refractivity contribution is -0.141. The van der Waals surface area contributed by atoms with Gasteiger partial charge in [-0.1, -0.05) is 0 Å². The molecule has 0 unspecified atom stereocenters. The van der Waals surface area contributed by atoms with Crippen molar-refractivity contribution in [3.8, 4) is 5.75 Å². The molecule has 30 heavy (non-hydrogen) atoms. The molecule has 0 saturated heterocycles. The van der Waals surface area contributed by atoms with E-state index in [0.717, 1.165) is 17.6 Å². The summed E-state index contributed by atoms with van der Waals surface area (Å²) in [7, 11) is 0. The zero-order valence-electron chi connectivity index (χ0n) is 15.6. The Morgan fingerprint density at radius 3 is 2.53 bits per heavy atom. The number of ether oxygens (including phenoxy) is 1. The first-order chi connectivity index (χ1) is 13.8. The molecule has 10 heteroatoms. The van der Waals surface area contributed by atoms with E-state index in [1.54, 1.807) is 18.3 Å². The number of alkyl halides is 3. The number of rotatable bonds is 5. The Balaban J connectivity index is 0.00000256. The van der Waals surface area contributed by atoms with Gasteiger partial charge in [-0.05, 0) is 48.6 Å². The number of hydrogen-bond acceptors (Lipinski definition) is 5. The van der Waals surface area contributed by atoms with Gasteiger partial charge in [0.25, 0.3) is 0 Å². The molecule has 160 valence electrons. The molecular formula is C20H19ClF4N4O. The van der Waals surface area contributed by atoms with E-state index in [-0.39, 0.29) is 30.4 Å². The Kier molecular flexibility index (Phi) is 6.33. The lowest BCUT2D eigenvalue weighted by atomic mass is 9.89. The summed E-state index contributed by atoms with van der Waals surface area (Å²) in [6.07, 6.45) is -0.578. The Labute approximate surface area is 176 Å². The fourth-order valence-corrected chi connectivity index (χ4v) is 3.33. The fraction of sp³-hybridized carbons (Fsp3) is 0.300. The second kappa shape index (κ2) is 8.61. The van der Waals surface area contributed by atoms with Crippen LogP contribution < -0.4 is 15.8 Å². The van der Waals surface area contributed by atoms with Crippen molar-refractivity contribution in [2.75, 3.05) is 5.73 Å². The van der Waals surface area contributed by atoms with Gasteiger partial charge in [0.15, 0.2) is 0 Å². The highest BCUT2D eigenvalue weighted by atomic mass is 35.5. The summed E-state index contributed by atoms with van der Waals surface area (Å²) in [6.45, 7) is 0.325. The number of nitrogen functional groups attached to an aromatic ring is 1. The second-order valence-electron chi connectivity index (χ2n) is 7.02. The molecule has 2 aromatic heterocycles. The number of pyridine rings is 2. The molecule has 0 aliphatic heterocycles. The van der Waals surface area contributed by atoms with Crippen molar-refractivity contribution < 1.29 is 22.3 Å². The van der Waals surface area contributed by atoms with Crippen LogP contribution in [0.15, 0.2) is 42.7 Å². The molecule has 0 bridgehead atoms. The van der Waals surface area contributed by atoms with E-state index in [1.165, 1.54) is 12.1 Å². The Hall–Kier alpha value is -2.65. The lowest BCUT2D eigenvalue weighted by Gasteiger charge is -2.36. The summed E-state index contributed by atoms with van der Waals surface area (Å²) in [5.41, 5.74) is 5.29. The van der Waals surface area contributed by atoms with Crippen molar-refractivity contribution in [2.24, 2.45) is 0 Å². The van der Waals surface area contributed by atoms with E-state index in [0.29, 0.717) is 41.9 Å². The van der Waals surface area contributed by atoms with Crippen LogP contribution >= 0.6 is 12.4 Å². The molecule has 1 saturated carbocycles. The van der Waals surface area contributed by atoms with Crippen LogP contribution in [0.1, 0.15) is 24.1 Å². The maximum Gasteiger partial charge on any atom is 0.433 e. The van der Waals surface area contributed by atoms with Crippen LogP contribution in [0.5, 0.6) is 5.75 Å². The Morgan fingerprint density at radius 1 is 1.10 bits per heavy atom. The maximum atomic E-state index is 14.3. The minimum absolute atomic E-state index is 0. The molecule has 1 aliphatic rings. The standard InChI is InChI=1S/C20H18F4N4O.ClH/c21-17-3-1-11-8-28-19(25)7-15(11)16(17)10-26-12-5-14(6-12)29-13-2-4-18(27-9-13)20(22,23)24;/h1-4,7-9,12,14,26H,5-6,10H2,(H2,25,28);1H. The molecule has 0 radical (unpaired) electrons. The molecule has 5 nitrogen and oxygen atoms in total. The first kappa shape index (κ1) is 22.0. The zero-order valence-corrected chi connectivity index (χ0v) is 16.4. The van der Waals surface area contributed by atoms with Crippen LogP contribution in [-0.2, 0) is 12.7 Å². The van der Waals surface area contributed by atoms with Crippen LogP contribution in [0.4, 0.5) is 23.4 Å². The van der Waals surface area contributed by atoms with E-state index in [4.69, 9.17) is 10.5 Å². The van der Waals surface area contributed by atoms with Gasteiger partial charge in [0.2, 0.25) is 0 Å². The molecule has 0 spiro atoms. The number of anilines is 1. The lowest BCUT2D eigenvalue weighted by Crippen LogP contribution is -2.46. The summed E-state index contributed by atoms with van der Waals surface area (Å²) in [5.74, 6) is 0.301. The van der Waals surface area contributed by atoms with Gasteiger partial charge in [-0.15, -0.1) is 12.4 Å². The average molecular weight is 443 g/mol. The largest absolute Gasteiger partial charge is 0.489 e. The highest BCUT2D eigenvalue weighted by Crippen LogP contribution is 2.30. The quantitative estimate of drug-likeness (QED) is 0.569. The number of nitrogens with one attached hydrogen (secondary N) is 1. The summed E-state index contributed by atoms with van der Waals surface area (Å²) >= 11 is 0. The fourth-order valence-electron chi connectivity index (χ4n) is 3.33. The van der Waals surface area contributed by atoms with Gasteiger partial charge >= 0.3 is 6.18 Å². The van der Waals surface area contributed by atoms with Gasteiger partial charge < -0.3 is 15.8 Å². The van der Waals surface area contributed by atoms with Crippen molar-refractivity contribution >= 4 is 29.0 Å². The number of nitrogens with two attached hydrogens (primary N) is 1. The highest BCUT2D eigenvalue weighted by Gasteiger charge is 2.33. The molecule has 2 heterocycles. The molecule has 3 aromatic rings. The SMILES string of the molecule is Cl.Nc1cc2c(CNC3CC(Oc4ccc(C(F)(F)F)nc4)C3)c(F)ccc2cn1. The molecule has 0 amide bonds. The van der Waals surface area contributed by atoms with E-state index < -0.39 is 11.9 Å². The molecule has 1 aromatic carbocycles. The van der Waals surface area contributed by atoms with Gasteiger partial charge in [0.1, 0.15) is 29.2 Å². The third kappa shape index (κ3) is 4.73. The zero-order chi connectivity index (χ0) is 20.6. The predicted molar refractivity (Wildman–Crippen MR) is 107 cm³/mol. The first-order valence-electron chi connectivity index (χ1n) is 9.05. The molecule has 1 fully saturated rings. The van der Waals surface area contributed by atoms with Gasteiger partial charge in [0, 0.05) is 29.7 Å². The number of fused-ring (bicyclic) bond motifs is 1. The molecule has 0 atom stereocenters. The first-order valence-corrected chi connectivity index (χ1v) is 9.05. The highest BCUT2D eigenvalue weighted by molar-refractivity contribution is 5.87. The smallest absolute Gasteiger partial charge is 0.433 e. The van der Waals surface area contributed by atoms with Crippen molar-refractivity contribution in [2.45, 2.75) is 37.7 Å². The van der Waals surface area contributed by atoms with Crippen LogP contribution in [0.3, 0.4) is 0 Å². The summed E-state index contributed by atoms with van der Waals surface area (Å²) in [4.78, 5) is 7.40. The topological polar surface area (TPSA) is 73.1 Å². The van der Waals surface area contributed by atoms with Crippen LogP contribution in [-0.4, -0.2) is 22.1 Å². The number of hydrogen-bond donors (Lipinski definition) is 2. The van der Waals surface area contributed by atoms with Crippen LogP contribution in [0.25, 0.3) is 10.8 Å². The third-order valence-corrected chi connectivity index (χ3v) is 4.97. The number of aromatic nitrogens is 2. The summed E-state index contributed by atoms with van der Waals surface area (Å²) < 4.78 is 57.5. The van der Waals surface area contributed by atoms with E-state index in [2.05, 4.69) is 15.3 Å². The number of nitrogens with zero attached hydrogens (tertiary/aromatic N) is 2. The van der Waals surface area contributed by atoms with Crippen molar-refractivity contribution in [3.05, 3.63) is 59.8 Å². The van der Waals surface area contributed by atoms with Crippen LogP contribution in [0, 0.1) is 5.82 Å². The van der Waals surface area contributed by atoms with Gasteiger partial charge in [0.05, 0.1) is 6.20 Å². The van der Waals surface area contributed by atoms with Gasteiger partial charge in [-0.25, -0.2) is 14.4 Å². The van der Waals surface area contributed by atoms with Crippen molar-refractivity contribution in [1.82, 2.24) is 15.3 Å². The molecule has 4 rings (SSSR count). The summed E-state index contributed by atoms with van der Waals surface area (Å²) in [5, 5.41) is 4.81. The molecule has 1 aliphatic carbocycles. The number of halogens is 5. The van der Waals surface area contributed by atoms with Crippen molar-refractivity contribution in [1.29, 1.82) is 0 Å². The third-order valence-electron chi connectivity index (χ3n) is 4.97. The maximum absolute atomic E-state index is 14.3. The Bertz CT molecular complexity index is 1020. The summed E-state index contributed by atoms with van der Waals surface area (Å²) in [6, 6.07) is 7.00. The molecule has 3 N–H and O–H groups in total. The number of benzene rings is 1. The second-order valence-corrected chi connectivity index (χ2v) is 7.02. The minimum Gasteiger partial charge on any atom is -0.489 e. The van der Waals surface area contributed by atoms with E-state index in [1.807, 2.05) is 0 Å². The van der Waals surface area contributed by atoms with E-state index in [9.17, 15) is 17.6 Å². The molecular weight excluding hydrogens is 424 g/mol. The Morgan fingerprint density at radius 2 is 1.87 bits per heavy atom. The van der Waals surface area contributed by atoms with Gasteiger partial charge in [-0.3, -0.25) is 0 Å². The normalized spacial score (nSPS) is 18.5. The van der Waals surface area contributed by atoms with Crippen molar-refractivity contribution in [3.63, 3.8) is 0 Å². The van der Waals surface area contributed by atoms with Crippen LogP contribution in [0.2, 0.25) is 0 Å². The average Bonchev–Trinajstić information content (AvgIpc) is 2.64. The predicted octanol–water partition coefficient (Wildman–Crippen LogP) is 4.49. The minimum atomic E-state index is -4.47. The van der Waals surface area contributed by atoms with E-state index >= 15 is 0 Å². The van der Waals surface area contributed by atoms with Gasteiger partial charge in [-0.2, -0.15) is 13.2 Å². The monoisotopic (exact) mass is 442 g/mol.